The molecular weight excluding hydrogens is 327 g/mol. The Morgan fingerprint density at radius 1 is 1.44 bits per heavy atom. The smallest absolute Gasteiger partial charge is 0.251 e. The second-order valence-electron chi connectivity index (χ2n) is 3.77. The minimum absolute atomic E-state index is 0.263. The highest BCUT2D eigenvalue weighted by Crippen LogP contribution is 2.24. The molecule has 0 atom stereocenters. The topological polar surface area (TPSA) is 12.5 Å². The molecule has 0 saturated carbocycles. The fourth-order valence-electron chi connectivity index (χ4n) is 1.66. The zero-order valence-electron chi connectivity index (χ0n) is 10.0. The lowest BCUT2D eigenvalue weighted by molar-refractivity contribution is 0.0877. The van der Waals surface area contributed by atoms with E-state index < -0.39 is 6.43 Å². The van der Waals surface area contributed by atoms with E-state index in [1.54, 1.807) is 30.2 Å². The fraction of sp³-hybridized carbons (Fsp3) is 0.500. The quantitative estimate of drug-likeness (QED) is 0.699. The molecule has 1 aromatic rings. The Bertz CT molecular complexity index is 379. The number of benzene rings is 1. The van der Waals surface area contributed by atoms with Gasteiger partial charge in [0.2, 0.25) is 0 Å². The molecule has 0 spiro atoms. The molecule has 1 rings (SSSR count). The number of nitrogens with zero attached hydrogens (tertiary/aromatic N) is 1. The Morgan fingerprint density at radius 3 is 2.72 bits per heavy atom. The van der Waals surface area contributed by atoms with Crippen molar-refractivity contribution in [2.45, 2.75) is 13.0 Å². The Labute approximate surface area is 119 Å². The van der Waals surface area contributed by atoms with Crippen molar-refractivity contribution < 1.29 is 13.5 Å². The standard InChI is InChI=1S/C12H15BrClF2NO/c1-18-11-3-2-10(14)6-9(11)7-17(5-4-13)8-12(15)16/h2-3,6,12H,4-5,7-8H2,1H3. The summed E-state index contributed by atoms with van der Waals surface area (Å²) in [5.74, 6) is 0.660. The second-order valence-corrected chi connectivity index (χ2v) is 5.00. The van der Waals surface area contributed by atoms with Crippen LogP contribution in [-0.4, -0.2) is 36.9 Å². The molecule has 102 valence electrons. The first-order valence-electron chi connectivity index (χ1n) is 5.45. The number of alkyl halides is 3. The molecule has 18 heavy (non-hydrogen) atoms. The van der Waals surface area contributed by atoms with Gasteiger partial charge < -0.3 is 4.74 Å². The normalized spacial score (nSPS) is 11.3. The number of rotatable bonds is 7. The molecule has 6 heteroatoms. The fourth-order valence-corrected chi connectivity index (χ4v) is 2.36. The van der Waals surface area contributed by atoms with Gasteiger partial charge in [-0.2, -0.15) is 0 Å². The first kappa shape index (κ1) is 15.7. The number of methoxy groups -OCH3 is 1. The van der Waals surface area contributed by atoms with E-state index in [1.807, 2.05) is 0 Å². The van der Waals surface area contributed by atoms with E-state index in [2.05, 4.69) is 15.9 Å². The van der Waals surface area contributed by atoms with Gasteiger partial charge in [0, 0.05) is 29.0 Å². The van der Waals surface area contributed by atoms with Crippen LogP contribution >= 0.6 is 27.5 Å². The van der Waals surface area contributed by atoms with Crippen molar-refractivity contribution in [1.29, 1.82) is 0 Å². The van der Waals surface area contributed by atoms with Gasteiger partial charge in [0.1, 0.15) is 5.75 Å². The monoisotopic (exact) mass is 341 g/mol. The molecule has 0 aliphatic carbocycles. The maximum Gasteiger partial charge on any atom is 0.251 e. The maximum atomic E-state index is 12.5. The molecular formula is C12H15BrClF2NO. The highest BCUT2D eigenvalue weighted by Gasteiger charge is 2.14. The van der Waals surface area contributed by atoms with E-state index in [1.165, 1.54) is 0 Å². The lowest BCUT2D eigenvalue weighted by atomic mass is 10.2. The summed E-state index contributed by atoms with van der Waals surface area (Å²) in [7, 11) is 1.55. The molecule has 0 fully saturated rings. The van der Waals surface area contributed by atoms with E-state index in [-0.39, 0.29) is 6.54 Å². The Morgan fingerprint density at radius 2 is 2.17 bits per heavy atom. The van der Waals surface area contributed by atoms with Crippen molar-refractivity contribution in [2.75, 3.05) is 25.5 Å². The van der Waals surface area contributed by atoms with Crippen molar-refractivity contribution in [2.24, 2.45) is 0 Å². The van der Waals surface area contributed by atoms with Gasteiger partial charge in [-0.15, -0.1) is 0 Å². The third kappa shape index (κ3) is 5.08. The van der Waals surface area contributed by atoms with Crippen molar-refractivity contribution in [3.8, 4) is 5.75 Å². The molecule has 0 N–H and O–H groups in total. The predicted molar refractivity (Wildman–Crippen MR) is 73.1 cm³/mol. The van der Waals surface area contributed by atoms with E-state index in [9.17, 15) is 8.78 Å². The van der Waals surface area contributed by atoms with Crippen LogP contribution in [0, 0.1) is 0 Å². The zero-order chi connectivity index (χ0) is 13.5. The summed E-state index contributed by atoms with van der Waals surface area (Å²) in [4.78, 5) is 1.66. The van der Waals surface area contributed by atoms with Crippen LogP contribution in [0.5, 0.6) is 5.75 Å². The average molecular weight is 343 g/mol. The molecule has 0 heterocycles. The number of hydrogen-bond donors (Lipinski definition) is 0. The minimum atomic E-state index is -2.35. The molecule has 0 aliphatic heterocycles. The van der Waals surface area contributed by atoms with Crippen molar-refractivity contribution in [3.05, 3.63) is 28.8 Å². The summed E-state index contributed by atoms with van der Waals surface area (Å²) in [6, 6.07) is 5.20. The lowest BCUT2D eigenvalue weighted by Gasteiger charge is -2.22. The summed E-state index contributed by atoms with van der Waals surface area (Å²) >= 11 is 9.17. The third-order valence-electron chi connectivity index (χ3n) is 2.43. The van der Waals surface area contributed by atoms with Crippen molar-refractivity contribution in [1.82, 2.24) is 4.90 Å². The number of halogens is 4. The average Bonchev–Trinajstić information content (AvgIpc) is 2.28. The van der Waals surface area contributed by atoms with Crippen LogP contribution in [-0.2, 0) is 6.54 Å². The zero-order valence-corrected chi connectivity index (χ0v) is 12.3. The van der Waals surface area contributed by atoms with E-state index in [0.29, 0.717) is 29.2 Å². The van der Waals surface area contributed by atoms with Gasteiger partial charge in [0.25, 0.3) is 6.43 Å². The third-order valence-corrected chi connectivity index (χ3v) is 3.02. The van der Waals surface area contributed by atoms with Gasteiger partial charge >= 0.3 is 0 Å². The van der Waals surface area contributed by atoms with Crippen molar-refractivity contribution in [3.63, 3.8) is 0 Å². The van der Waals surface area contributed by atoms with Gasteiger partial charge in [0.15, 0.2) is 0 Å². The van der Waals surface area contributed by atoms with Gasteiger partial charge in [-0.3, -0.25) is 4.90 Å². The van der Waals surface area contributed by atoms with Gasteiger partial charge in [-0.1, -0.05) is 27.5 Å². The van der Waals surface area contributed by atoms with E-state index >= 15 is 0 Å². The van der Waals surface area contributed by atoms with Crippen molar-refractivity contribution >= 4 is 27.5 Å². The molecule has 0 saturated heterocycles. The predicted octanol–water partition coefficient (Wildman–Crippen LogP) is 3.81. The van der Waals surface area contributed by atoms with Crippen LogP contribution in [0.1, 0.15) is 5.56 Å². The SMILES string of the molecule is COc1ccc(Cl)cc1CN(CCBr)CC(F)F. The van der Waals surface area contributed by atoms with Gasteiger partial charge in [-0.25, -0.2) is 8.78 Å². The summed E-state index contributed by atoms with van der Waals surface area (Å²) in [6.07, 6.45) is -2.35. The molecule has 0 radical (unpaired) electrons. The molecule has 2 nitrogen and oxygen atoms in total. The van der Waals surface area contributed by atoms with Crippen LogP contribution in [0.15, 0.2) is 18.2 Å². The molecule has 0 aliphatic rings. The first-order chi connectivity index (χ1) is 8.56. The largest absolute Gasteiger partial charge is 0.496 e. The summed E-state index contributed by atoms with van der Waals surface area (Å²) in [6.45, 7) is 0.668. The summed E-state index contributed by atoms with van der Waals surface area (Å²) < 4.78 is 30.1. The summed E-state index contributed by atoms with van der Waals surface area (Å²) in [5.41, 5.74) is 0.812. The Balaban J connectivity index is 2.81. The molecule has 0 aromatic heterocycles. The van der Waals surface area contributed by atoms with Gasteiger partial charge in [0.05, 0.1) is 13.7 Å². The van der Waals surface area contributed by atoms with Crippen LogP contribution < -0.4 is 4.74 Å². The maximum absolute atomic E-state index is 12.5. The Hall–Kier alpha value is -0.390. The summed E-state index contributed by atoms with van der Waals surface area (Å²) in [5, 5.41) is 1.21. The van der Waals surface area contributed by atoms with Crippen LogP contribution in [0.4, 0.5) is 8.78 Å². The molecule has 0 amide bonds. The van der Waals surface area contributed by atoms with Crippen LogP contribution in [0.2, 0.25) is 5.02 Å². The minimum Gasteiger partial charge on any atom is -0.496 e. The first-order valence-corrected chi connectivity index (χ1v) is 6.95. The Kier molecular flexibility index (Phi) is 6.89. The van der Waals surface area contributed by atoms with Crippen LogP contribution in [0.3, 0.4) is 0 Å². The molecule has 0 bridgehead atoms. The second kappa shape index (κ2) is 7.92. The number of ether oxygens (including phenoxy) is 1. The highest BCUT2D eigenvalue weighted by molar-refractivity contribution is 9.09. The lowest BCUT2D eigenvalue weighted by Crippen LogP contribution is -2.30. The van der Waals surface area contributed by atoms with E-state index in [4.69, 9.17) is 16.3 Å². The molecule has 0 unspecified atom stereocenters. The van der Waals surface area contributed by atoms with E-state index in [0.717, 1.165) is 5.56 Å². The van der Waals surface area contributed by atoms with Crippen LogP contribution in [0.25, 0.3) is 0 Å². The van der Waals surface area contributed by atoms with Gasteiger partial charge in [-0.05, 0) is 18.2 Å². The number of hydrogen-bond acceptors (Lipinski definition) is 2. The highest BCUT2D eigenvalue weighted by atomic mass is 79.9. The molecule has 1 aromatic carbocycles.